The maximum Gasteiger partial charge on any atom is 0.330 e. The maximum absolute atomic E-state index is 11.5. The molecule has 1 heterocycles. The zero-order valence-electron chi connectivity index (χ0n) is 12.1. The van der Waals surface area contributed by atoms with Gasteiger partial charge in [-0.15, -0.1) is 0 Å². The Bertz CT molecular complexity index is 710. The van der Waals surface area contributed by atoms with Gasteiger partial charge in [0, 0.05) is 22.7 Å². The number of esters is 1. The summed E-state index contributed by atoms with van der Waals surface area (Å²) in [4.78, 5) is 15.9. The lowest BCUT2D eigenvalue weighted by molar-refractivity contribution is -0.137. The van der Waals surface area contributed by atoms with E-state index in [1.165, 1.54) is 6.08 Å². The highest BCUT2D eigenvalue weighted by Crippen LogP contribution is 2.33. The van der Waals surface area contributed by atoms with Crippen molar-refractivity contribution in [1.82, 2.24) is 4.98 Å². The molecule has 1 aromatic heterocycles. The number of pyridine rings is 1. The largest absolute Gasteiger partial charge is 0.496 e. The van der Waals surface area contributed by atoms with Crippen molar-refractivity contribution in [2.24, 2.45) is 0 Å². The maximum atomic E-state index is 11.5. The minimum absolute atomic E-state index is 0.331. The van der Waals surface area contributed by atoms with Crippen molar-refractivity contribution in [2.45, 2.75) is 13.8 Å². The average Bonchev–Trinajstić information content (AvgIpc) is 2.44. The highest BCUT2D eigenvalue weighted by molar-refractivity contribution is 6.36. The Kier molecular flexibility index (Phi) is 4.81. The molecule has 0 atom stereocenters. The summed E-state index contributed by atoms with van der Waals surface area (Å²) in [6.07, 6.45) is 3.00. The van der Waals surface area contributed by atoms with Crippen molar-refractivity contribution >= 4 is 34.5 Å². The van der Waals surface area contributed by atoms with Crippen molar-refractivity contribution in [3.63, 3.8) is 0 Å². The van der Waals surface area contributed by atoms with E-state index in [1.54, 1.807) is 32.2 Å². The van der Waals surface area contributed by atoms with Gasteiger partial charge in [0.1, 0.15) is 5.75 Å². The van der Waals surface area contributed by atoms with Gasteiger partial charge in [-0.05, 0) is 38.1 Å². The number of aryl methyl sites for hydroxylation is 1. The van der Waals surface area contributed by atoms with Gasteiger partial charge in [-0.3, -0.25) is 4.98 Å². The summed E-state index contributed by atoms with van der Waals surface area (Å²) in [6.45, 7) is 3.97. The molecule has 0 N–H and O–H groups in total. The van der Waals surface area contributed by atoms with Crippen LogP contribution >= 0.6 is 11.6 Å². The molecule has 110 valence electrons. The van der Waals surface area contributed by atoms with Crippen LogP contribution in [0.2, 0.25) is 5.02 Å². The fourth-order valence-electron chi connectivity index (χ4n) is 2.10. The van der Waals surface area contributed by atoms with E-state index in [4.69, 9.17) is 21.1 Å². The van der Waals surface area contributed by atoms with Gasteiger partial charge >= 0.3 is 5.97 Å². The number of rotatable bonds is 4. The van der Waals surface area contributed by atoms with E-state index in [2.05, 4.69) is 4.98 Å². The van der Waals surface area contributed by atoms with Crippen LogP contribution in [-0.2, 0) is 9.53 Å². The number of aromatic nitrogens is 1. The van der Waals surface area contributed by atoms with Crippen LogP contribution in [0.3, 0.4) is 0 Å². The minimum Gasteiger partial charge on any atom is -0.496 e. The predicted octanol–water partition coefficient (Wildman–Crippen LogP) is 3.78. The molecule has 0 aliphatic carbocycles. The van der Waals surface area contributed by atoms with E-state index in [-0.39, 0.29) is 0 Å². The van der Waals surface area contributed by atoms with Gasteiger partial charge in [-0.1, -0.05) is 11.6 Å². The summed E-state index contributed by atoms with van der Waals surface area (Å²) >= 11 is 6.33. The highest BCUT2D eigenvalue weighted by atomic mass is 35.5. The lowest BCUT2D eigenvalue weighted by atomic mass is 10.1. The third-order valence-corrected chi connectivity index (χ3v) is 3.25. The molecule has 0 aliphatic rings. The van der Waals surface area contributed by atoms with Gasteiger partial charge in [0.15, 0.2) is 0 Å². The molecule has 2 aromatic rings. The van der Waals surface area contributed by atoms with Gasteiger partial charge in [-0.25, -0.2) is 4.79 Å². The Morgan fingerprint density at radius 1 is 1.43 bits per heavy atom. The van der Waals surface area contributed by atoms with Crippen LogP contribution in [0.4, 0.5) is 0 Å². The second kappa shape index (κ2) is 6.59. The number of halogens is 1. The van der Waals surface area contributed by atoms with Crippen molar-refractivity contribution in [3.05, 3.63) is 40.6 Å². The number of methoxy groups -OCH3 is 1. The van der Waals surface area contributed by atoms with Crippen molar-refractivity contribution < 1.29 is 14.3 Å². The Labute approximate surface area is 128 Å². The van der Waals surface area contributed by atoms with Crippen molar-refractivity contribution in [3.8, 4) is 5.75 Å². The first kappa shape index (κ1) is 15.3. The number of fused-ring (bicyclic) bond motifs is 1. The van der Waals surface area contributed by atoms with Gasteiger partial charge in [0.2, 0.25) is 0 Å². The van der Waals surface area contributed by atoms with Crippen LogP contribution in [0.5, 0.6) is 5.75 Å². The Morgan fingerprint density at radius 2 is 2.19 bits per heavy atom. The quantitative estimate of drug-likeness (QED) is 0.637. The Hall–Kier alpha value is -2.07. The number of hydrogen-bond donors (Lipinski definition) is 0. The highest BCUT2D eigenvalue weighted by Gasteiger charge is 2.11. The van der Waals surface area contributed by atoms with Gasteiger partial charge in [-0.2, -0.15) is 0 Å². The topological polar surface area (TPSA) is 48.4 Å². The molecule has 0 aliphatic heterocycles. The standard InChI is InChI=1S/C16H16ClNO3/c1-4-21-15(19)8-5-11-14(20-3)7-6-13-16(11)12(17)9-10(2)18-13/h5-9H,4H2,1-3H3/b8-5+. The summed E-state index contributed by atoms with van der Waals surface area (Å²) in [6, 6.07) is 5.43. The molecule has 0 fully saturated rings. The molecule has 0 amide bonds. The second-order valence-corrected chi connectivity index (χ2v) is 4.81. The van der Waals surface area contributed by atoms with Crippen molar-refractivity contribution in [1.29, 1.82) is 0 Å². The smallest absolute Gasteiger partial charge is 0.330 e. The number of carbonyl (C=O) groups is 1. The molecule has 1 aromatic carbocycles. The molecule has 21 heavy (non-hydrogen) atoms. The summed E-state index contributed by atoms with van der Waals surface area (Å²) in [5, 5.41) is 1.32. The lowest BCUT2D eigenvalue weighted by Crippen LogP contribution is -1.99. The van der Waals surface area contributed by atoms with Crippen LogP contribution in [0.15, 0.2) is 24.3 Å². The monoisotopic (exact) mass is 305 g/mol. The Balaban J connectivity index is 2.61. The summed E-state index contributed by atoms with van der Waals surface area (Å²) in [5.41, 5.74) is 2.29. The average molecular weight is 306 g/mol. The van der Waals surface area contributed by atoms with Crippen molar-refractivity contribution in [2.75, 3.05) is 13.7 Å². The van der Waals surface area contributed by atoms with Gasteiger partial charge < -0.3 is 9.47 Å². The number of carbonyl (C=O) groups excluding carboxylic acids is 1. The predicted molar refractivity (Wildman–Crippen MR) is 83.7 cm³/mol. The summed E-state index contributed by atoms with van der Waals surface area (Å²) in [5.74, 6) is 0.211. The number of benzene rings is 1. The van der Waals surface area contributed by atoms with Gasteiger partial charge in [0.25, 0.3) is 0 Å². The van der Waals surface area contributed by atoms with E-state index < -0.39 is 5.97 Å². The molecule has 4 nitrogen and oxygen atoms in total. The van der Waals surface area contributed by atoms with Gasteiger partial charge in [0.05, 0.1) is 24.3 Å². The summed E-state index contributed by atoms with van der Waals surface area (Å²) < 4.78 is 10.2. The van der Waals surface area contributed by atoms with Crippen LogP contribution < -0.4 is 4.74 Å². The Morgan fingerprint density at radius 3 is 2.86 bits per heavy atom. The third-order valence-electron chi connectivity index (χ3n) is 2.95. The van der Waals surface area contributed by atoms with Crippen LogP contribution in [0, 0.1) is 6.92 Å². The molecular formula is C16H16ClNO3. The van der Waals surface area contributed by atoms with E-state index in [0.29, 0.717) is 22.9 Å². The van der Waals surface area contributed by atoms with Crippen LogP contribution in [0.25, 0.3) is 17.0 Å². The SMILES string of the molecule is CCOC(=O)/C=C/c1c(OC)ccc2nc(C)cc(Cl)c12. The van der Waals surface area contributed by atoms with Crippen LogP contribution in [-0.4, -0.2) is 24.7 Å². The molecule has 5 heteroatoms. The first-order valence-corrected chi connectivity index (χ1v) is 6.93. The molecule has 0 saturated heterocycles. The molecule has 0 radical (unpaired) electrons. The fraction of sp³-hybridized carbons (Fsp3) is 0.250. The molecule has 0 unspecified atom stereocenters. The lowest BCUT2D eigenvalue weighted by Gasteiger charge is -2.10. The third kappa shape index (κ3) is 3.34. The summed E-state index contributed by atoms with van der Waals surface area (Å²) in [7, 11) is 1.57. The minimum atomic E-state index is -0.409. The van der Waals surface area contributed by atoms with Crippen LogP contribution in [0.1, 0.15) is 18.2 Å². The van der Waals surface area contributed by atoms with E-state index >= 15 is 0 Å². The fourth-order valence-corrected chi connectivity index (χ4v) is 2.45. The number of hydrogen-bond acceptors (Lipinski definition) is 4. The zero-order valence-corrected chi connectivity index (χ0v) is 12.9. The first-order valence-electron chi connectivity index (χ1n) is 6.55. The molecule has 0 bridgehead atoms. The van der Waals surface area contributed by atoms with E-state index in [9.17, 15) is 4.79 Å². The number of nitrogens with zero attached hydrogens (tertiary/aromatic N) is 1. The number of ether oxygens (including phenoxy) is 2. The first-order chi connectivity index (χ1) is 10.1. The zero-order chi connectivity index (χ0) is 15.4. The second-order valence-electron chi connectivity index (χ2n) is 4.41. The van der Waals surface area contributed by atoms with E-state index in [1.807, 2.05) is 13.0 Å². The molecule has 2 rings (SSSR count). The van der Waals surface area contributed by atoms with E-state index in [0.717, 1.165) is 16.6 Å². The molecule has 0 spiro atoms. The molecule has 0 saturated carbocycles. The molecular weight excluding hydrogens is 290 g/mol. The normalized spacial score (nSPS) is 11.0.